The van der Waals surface area contributed by atoms with Gasteiger partial charge < -0.3 is 20.8 Å². The van der Waals surface area contributed by atoms with Crippen molar-refractivity contribution in [2.45, 2.75) is 50.9 Å². The number of fused-ring (bicyclic) bond motifs is 1. The molecule has 0 saturated heterocycles. The van der Waals surface area contributed by atoms with Gasteiger partial charge in [-0.25, -0.2) is 23.1 Å². The molecule has 176 valence electrons. The van der Waals surface area contributed by atoms with Gasteiger partial charge in [-0.2, -0.15) is 0 Å². The van der Waals surface area contributed by atoms with Crippen molar-refractivity contribution < 1.29 is 28.2 Å². The molecule has 0 unspecified atom stereocenters. The Balaban J connectivity index is 1.55. The largest absolute Gasteiger partial charge is 0.394 e. The summed E-state index contributed by atoms with van der Waals surface area (Å²) in [5.74, 6) is -1.96. The van der Waals surface area contributed by atoms with E-state index in [4.69, 9.17) is 0 Å². The van der Waals surface area contributed by atoms with Crippen LogP contribution in [-0.4, -0.2) is 57.0 Å². The second-order valence-corrected chi connectivity index (χ2v) is 8.33. The number of rotatable bonds is 7. The molecule has 1 amide bonds. The van der Waals surface area contributed by atoms with Crippen molar-refractivity contribution in [2.24, 2.45) is 10.9 Å². The van der Waals surface area contributed by atoms with Crippen molar-refractivity contribution in [2.75, 3.05) is 11.9 Å². The van der Waals surface area contributed by atoms with Crippen LogP contribution >= 0.6 is 0 Å². The molecule has 1 saturated carbocycles. The first-order valence-electron chi connectivity index (χ1n) is 10.6. The fourth-order valence-corrected chi connectivity index (χ4v) is 4.29. The normalized spacial score (nSPS) is 22.8. The zero-order chi connectivity index (χ0) is 23.7. The van der Waals surface area contributed by atoms with Gasteiger partial charge in [-0.05, 0) is 25.8 Å². The standard InChI is InChI=1S/C22H24F3N5O3/c1-10-2-3-13(23)12(4-10)16(8-31)30-22(33)19-18-15(7-26-19)27-9-28-21(18)29-14-5-11(20(24)25)6-17(14)32/h2-4,9,11,14,16-17,20,31-32H,5-8H2,1H3,(H,30,33)(H,27,28,29)/t11-,14-,16-,17-/m1/s1. The minimum atomic E-state index is -2.54. The number of nitrogens with one attached hydrogen (secondary N) is 2. The summed E-state index contributed by atoms with van der Waals surface area (Å²) in [5, 5.41) is 25.5. The summed E-state index contributed by atoms with van der Waals surface area (Å²) in [5.41, 5.74) is 1.64. The molecule has 4 N–H and O–H groups in total. The first-order chi connectivity index (χ1) is 15.8. The lowest BCUT2D eigenvalue weighted by atomic mass is 10.0. The van der Waals surface area contributed by atoms with Crippen molar-refractivity contribution in [3.8, 4) is 0 Å². The fraction of sp³-hybridized carbons (Fsp3) is 0.455. The number of aliphatic imine (C=N–C) groups is 1. The Morgan fingerprint density at radius 2 is 2.06 bits per heavy atom. The first-order valence-corrected chi connectivity index (χ1v) is 10.6. The smallest absolute Gasteiger partial charge is 0.270 e. The molecule has 1 fully saturated rings. The van der Waals surface area contributed by atoms with Gasteiger partial charge in [0.25, 0.3) is 5.91 Å². The average molecular weight is 463 g/mol. The van der Waals surface area contributed by atoms with Gasteiger partial charge in [-0.3, -0.25) is 9.79 Å². The summed E-state index contributed by atoms with van der Waals surface area (Å²) in [6, 6.07) is 2.71. The number of aliphatic hydroxyl groups is 2. The predicted molar refractivity (Wildman–Crippen MR) is 114 cm³/mol. The molecule has 33 heavy (non-hydrogen) atoms. The molecule has 1 aromatic heterocycles. The number of carbonyl (C=O) groups excluding carboxylic acids is 1. The summed E-state index contributed by atoms with van der Waals surface area (Å²) < 4.78 is 40.4. The number of amides is 1. The second-order valence-electron chi connectivity index (χ2n) is 8.33. The minimum absolute atomic E-state index is 0.0162. The molecule has 8 nitrogen and oxygen atoms in total. The van der Waals surface area contributed by atoms with Crippen LogP contribution in [0.3, 0.4) is 0 Å². The van der Waals surface area contributed by atoms with Crippen LogP contribution in [0.2, 0.25) is 0 Å². The third-order valence-corrected chi connectivity index (χ3v) is 6.02. The number of anilines is 1. The van der Waals surface area contributed by atoms with E-state index in [9.17, 15) is 28.2 Å². The molecule has 0 bridgehead atoms. The number of alkyl halides is 2. The fourth-order valence-electron chi connectivity index (χ4n) is 4.29. The summed E-state index contributed by atoms with van der Waals surface area (Å²) in [7, 11) is 0. The van der Waals surface area contributed by atoms with Crippen molar-refractivity contribution in [3.05, 3.63) is 52.7 Å². The maximum atomic E-state index is 14.3. The number of carbonyl (C=O) groups is 1. The molecule has 2 aliphatic rings. The van der Waals surface area contributed by atoms with Crippen LogP contribution in [-0.2, 0) is 11.3 Å². The van der Waals surface area contributed by atoms with Crippen LogP contribution < -0.4 is 10.6 Å². The minimum Gasteiger partial charge on any atom is -0.394 e. The highest BCUT2D eigenvalue weighted by Crippen LogP contribution is 2.34. The van der Waals surface area contributed by atoms with Crippen molar-refractivity contribution in [3.63, 3.8) is 0 Å². The van der Waals surface area contributed by atoms with Crippen LogP contribution in [0, 0.1) is 18.7 Å². The van der Waals surface area contributed by atoms with E-state index in [-0.39, 0.29) is 36.5 Å². The zero-order valence-electron chi connectivity index (χ0n) is 17.8. The molecule has 1 aromatic carbocycles. The summed E-state index contributed by atoms with van der Waals surface area (Å²) in [6.45, 7) is 1.33. The SMILES string of the molecule is Cc1ccc(F)c([C@@H](CO)NC(=O)C2=NCc3ncnc(N[C@@H]4C[C@@H](C(F)F)C[C@H]4O)c32)c1. The quantitative estimate of drug-likeness (QED) is 0.498. The monoisotopic (exact) mass is 463 g/mol. The van der Waals surface area contributed by atoms with E-state index >= 15 is 0 Å². The lowest BCUT2D eigenvalue weighted by Gasteiger charge is -2.20. The van der Waals surface area contributed by atoms with Gasteiger partial charge in [0.1, 0.15) is 23.7 Å². The Kier molecular flexibility index (Phi) is 6.61. The zero-order valence-corrected chi connectivity index (χ0v) is 17.8. The Bertz CT molecular complexity index is 1080. The maximum Gasteiger partial charge on any atom is 0.270 e. The van der Waals surface area contributed by atoms with E-state index in [1.165, 1.54) is 18.5 Å². The van der Waals surface area contributed by atoms with Gasteiger partial charge in [-0.1, -0.05) is 17.7 Å². The maximum absolute atomic E-state index is 14.3. The summed E-state index contributed by atoms with van der Waals surface area (Å²) in [6.07, 6.45) is -2.25. The van der Waals surface area contributed by atoms with Crippen LogP contribution in [0.1, 0.15) is 41.3 Å². The second kappa shape index (κ2) is 9.44. The van der Waals surface area contributed by atoms with Crippen LogP contribution in [0.4, 0.5) is 19.0 Å². The van der Waals surface area contributed by atoms with Gasteiger partial charge in [0.2, 0.25) is 6.43 Å². The Morgan fingerprint density at radius 1 is 1.27 bits per heavy atom. The van der Waals surface area contributed by atoms with Crippen LogP contribution in [0.5, 0.6) is 0 Å². The molecule has 11 heteroatoms. The van der Waals surface area contributed by atoms with E-state index in [2.05, 4.69) is 25.6 Å². The number of aliphatic hydroxyl groups excluding tert-OH is 2. The molecule has 1 aliphatic heterocycles. The summed E-state index contributed by atoms with van der Waals surface area (Å²) in [4.78, 5) is 25.5. The van der Waals surface area contributed by atoms with E-state index in [0.717, 1.165) is 5.56 Å². The topological polar surface area (TPSA) is 120 Å². The highest BCUT2D eigenvalue weighted by molar-refractivity contribution is 6.47. The van der Waals surface area contributed by atoms with Crippen LogP contribution in [0.15, 0.2) is 29.5 Å². The Labute approximate surface area is 188 Å². The van der Waals surface area contributed by atoms with Crippen molar-refractivity contribution in [1.82, 2.24) is 15.3 Å². The van der Waals surface area contributed by atoms with Gasteiger partial charge in [-0.15, -0.1) is 0 Å². The molecule has 1 aliphatic carbocycles. The number of benzene rings is 1. The van der Waals surface area contributed by atoms with Gasteiger partial charge >= 0.3 is 0 Å². The molecule has 2 aromatic rings. The molecule has 4 atom stereocenters. The Morgan fingerprint density at radius 3 is 2.76 bits per heavy atom. The molecule has 4 rings (SSSR count). The van der Waals surface area contributed by atoms with E-state index in [1.807, 2.05) is 0 Å². The molecule has 0 radical (unpaired) electrons. The third kappa shape index (κ3) is 4.69. The molecular weight excluding hydrogens is 439 g/mol. The number of hydrogen-bond acceptors (Lipinski definition) is 7. The van der Waals surface area contributed by atoms with Gasteiger partial charge in [0, 0.05) is 11.5 Å². The lowest BCUT2D eigenvalue weighted by Crippen LogP contribution is -2.37. The van der Waals surface area contributed by atoms with Gasteiger partial charge in [0.05, 0.1) is 42.6 Å². The number of nitrogens with zero attached hydrogens (tertiary/aromatic N) is 3. The molecule has 2 heterocycles. The van der Waals surface area contributed by atoms with Crippen LogP contribution in [0.25, 0.3) is 0 Å². The van der Waals surface area contributed by atoms with Crippen molar-refractivity contribution in [1.29, 1.82) is 0 Å². The highest BCUT2D eigenvalue weighted by Gasteiger charge is 2.39. The highest BCUT2D eigenvalue weighted by atomic mass is 19.3. The van der Waals surface area contributed by atoms with Gasteiger partial charge in [0.15, 0.2) is 0 Å². The number of halogens is 3. The molecule has 0 spiro atoms. The van der Waals surface area contributed by atoms with E-state index < -0.39 is 48.9 Å². The van der Waals surface area contributed by atoms with E-state index in [1.54, 1.807) is 13.0 Å². The third-order valence-electron chi connectivity index (χ3n) is 6.02. The van der Waals surface area contributed by atoms with E-state index in [0.29, 0.717) is 11.3 Å². The number of hydrogen-bond donors (Lipinski definition) is 4. The number of aryl methyl sites for hydroxylation is 1. The average Bonchev–Trinajstić information content (AvgIpc) is 3.38. The Hall–Kier alpha value is -3.05. The van der Waals surface area contributed by atoms with Crippen molar-refractivity contribution >= 4 is 17.4 Å². The molecular formula is C22H24F3N5O3. The lowest BCUT2D eigenvalue weighted by molar-refractivity contribution is -0.115. The first kappa shape index (κ1) is 23.1. The number of aromatic nitrogens is 2. The summed E-state index contributed by atoms with van der Waals surface area (Å²) >= 11 is 0. The predicted octanol–water partition coefficient (Wildman–Crippen LogP) is 1.89.